The van der Waals surface area contributed by atoms with E-state index in [0.717, 1.165) is 59.8 Å². The molecule has 1 unspecified atom stereocenters. The van der Waals surface area contributed by atoms with Gasteiger partial charge in [0.25, 0.3) is 0 Å². The van der Waals surface area contributed by atoms with Gasteiger partial charge >= 0.3 is 0 Å². The number of aryl methyl sites for hydroxylation is 2. The number of nitrogens with one attached hydrogen (secondary N) is 1. The van der Waals surface area contributed by atoms with Crippen LogP contribution >= 0.6 is 0 Å². The van der Waals surface area contributed by atoms with E-state index < -0.39 is 11.0 Å². The van der Waals surface area contributed by atoms with Crippen LogP contribution in [0.2, 0.25) is 0 Å². The van der Waals surface area contributed by atoms with Crippen molar-refractivity contribution in [1.82, 2.24) is 4.98 Å². The summed E-state index contributed by atoms with van der Waals surface area (Å²) in [5, 5.41) is 13.3. The number of benzene rings is 3. The zero-order chi connectivity index (χ0) is 22.9. The second-order valence-electron chi connectivity index (χ2n) is 7.69. The average molecular weight is 463 g/mol. The Morgan fingerprint density at radius 1 is 0.818 bits per heavy atom. The minimum Gasteiger partial charge on any atom is -0.308 e. The number of nitrogens with zero attached hydrogens (tertiary/aromatic N) is 1. The predicted molar refractivity (Wildman–Crippen MR) is 130 cm³/mol. The molecule has 1 aromatic heterocycles. The lowest BCUT2D eigenvalue weighted by Gasteiger charge is -2.13. The van der Waals surface area contributed by atoms with Crippen LogP contribution in [0.15, 0.2) is 90.0 Å². The van der Waals surface area contributed by atoms with E-state index in [1.54, 1.807) is 12.3 Å². The maximum atomic E-state index is 13.1. The van der Waals surface area contributed by atoms with Gasteiger partial charge in [0.05, 0.1) is 10.4 Å². The highest BCUT2D eigenvalue weighted by Gasteiger charge is 2.12. The Kier molecular flexibility index (Phi) is 8.03. The van der Waals surface area contributed by atoms with Crippen LogP contribution in [-0.4, -0.2) is 14.5 Å². The fraction of sp³-hybridized carbons (Fsp3) is 0.192. The van der Waals surface area contributed by atoms with Crippen molar-refractivity contribution >= 4 is 27.6 Å². The largest absolute Gasteiger partial charge is 0.308 e. The Morgan fingerprint density at radius 3 is 2.39 bits per heavy atom. The number of hydrogen-bond acceptors (Lipinski definition) is 5. The van der Waals surface area contributed by atoms with Gasteiger partial charge in [0.1, 0.15) is 0 Å². The van der Waals surface area contributed by atoms with E-state index in [0.29, 0.717) is 10.6 Å². The van der Waals surface area contributed by atoms with Gasteiger partial charge in [-0.2, -0.15) is 0 Å². The van der Waals surface area contributed by atoms with Crippen molar-refractivity contribution in [2.24, 2.45) is 0 Å². The number of hydrogen-bond donors (Lipinski definition) is 2. The van der Waals surface area contributed by atoms with Gasteiger partial charge in [0.2, 0.25) is 0 Å². The third-order valence-corrected chi connectivity index (χ3v) is 6.64. The second kappa shape index (κ2) is 11.6. The van der Waals surface area contributed by atoms with E-state index in [1.165, 1.54) is 0 Å². The average Bonchev–Trinajstić information content (AvgIpc) is 2.85. The molecule has 3 aromatic carbocycles. The second-order valence-corrected chi connectivity index (χ2v) is 8.87. The summed E-state index contributed by atoms with van der Waals surface area (Å²) in [6.45, 7) is 0. The molecule has 0 amide bonds. The number of fused-ring (bicyclic) bond motifs is 1. The Hall–Kier alpha value is -3.26. The fourth-order valence-corrected chi connectivity index (χ4v) is 4.92. The molecule has 7 heteroatoms. The van der Waals surface area contributed by atoms with E-state index in [2.05, 4.69) is 20.8 Å². The molecule has 0 bridgehead atoms. The summed E-state index contributed by atoms with van der Waals surface area (Å²) < 4.78 is 16.3. The zero-order valence-electron chi connectivity index (χ0n) is 18.1. The summed E-state index contributed by atoms with van der Waals surface area (Å²) >= 11 is 0. The molecule has 4 aromatic rings. The van der Waals surface area contributed by atoms with Gasteiger partial charge in [0.15, 0.2) is 16.7 Å². The van der Waals surface area contributed by atoms with Gasteiger partial charge in [-0.3, -0.25) is 4.98 Å². The summed E-state index contributed by atoms with van der Waals surface area (Å²) in [6, 6.07) is 25.1. The highest BCUT2D eigenvalue weighted by molar-refractivity contribution is 7.86. The summed E-state index contributed by atoms with van der Waals surface area (Å²) in [6.07, 6.45) is 6.44. The first kappa shape index (κ1) is 22.9. The summed E-state index contributed by atoms with van der Waals surface area (Å²) in [5.41, 5.74) is 3.76. The molecular formula is C26H26N2O4S. The Bertz CT molecular complexity index is 1230. The van der Waals surface area contributed by atoms with Gasteiger partial charge in [-0.25, -0.2) is 9.47 Å². The van der Waals surface area contributed by atoms with E-state index in [4.69, 9.17) is 10.1 Å². The maximum absolute atomic E-state index is 13.1. The highest BCUT2D eigenvalue weighted by Crippen LogP contribution is 2.25. The Balaban J connectivity index is 1.35. The molecule has 2 N–H and O–H groups in total. The smallest absolute Gasteiger partial charge is 0.171 e. The van der Waals surface area contributed by atoms with Crippen LogP contribution in [0, 0.1) is 0 Å². The molecule has 0 radical (unpaired) electrons. The molecular weight excluding hydrogens is 436 g/mol. The molecule has 0 aliphatic carbocycles. The molecule has 33 heavy (non-hydrogen) atoms. The first-order valence-corrected chi connectivity index (χ1v) is 12.1. The first-order chi connectivity index (χ1) is 16.3. The lowest BCUT2D eigenvalue weighted by molar-refractivity contribution is -0.439. The molecule has 0 fully saturated rings. The van der Waals surface area contributed by atoms with E-state index in [1.807, 2.05) is 66.7 Å². The minimum absolute atomic E-state index is 0.528. The quantitative estimate of drug-likeness (QED) is 0.160. The monoisotopic (exact) mass is 462 g/mol. The first-order valence-electron chi connectivity index (χ1n) is 10.9. The van der Waals surface area contributed by atoms with Gasteiger partial charge in [-0.1, -0.05) is 61.0 Å². The maximum Gasteiger partial charge on any atom is 0.171 e. The van der Waals surface area contributed by atoms with Crippen LogP contribution in [0.25, 0.3) is 10.9 Å². The molecule has 0 aliphatic rings. The van der Waals surface area contributed by atoms with Crippen LogP contribution < -0.4 is 9.61 Å². The molecule has 0 spiro atoms. The number of pyridine rings is 1. The lowest BCUT2D eigenvalue weighted by Crippen LogP contribution is -2.08. The van der Waals surface area contributed by atoms with Crippen LogP contribution in [0.4, 0.5) is 5.69 Å². The normalized spacial score (nSPS) is 11.9. The number of rotatable bonds is 11. The third-order valence-electron chi connectivity index (χ3n) is 5.51. The van der Waals surface area contributed by atoms with Crippen molar-refractivity contribution < 1.29 is 19.4 Å². The fourth-order valence-electron chi connectivity index (χ4n) is 3.86. The topological polar surface area (TPSA) is 80.7 Å². The van der Waals surface area contributed by atoms with Gasteiger partial charge in [-0.15, -0.1) is 0 Å². The predicted octanol–water partition coefficient (Wildman–Crippen LogP) is 6.11. The van der Waals surface area contributed by atoms with Crippen molar-refractivity contribution in [3.63, 3.8) is 0 Å². The van der Waals surface area contributed by atoms with E-state index in [9.17, 15) is 4.21 Å². The molecule has 0 saturated carbocycles. The molecule has 4 rings (SSSR count). The number of anilines is 1. The Labute approximate surface area is 195 Å². The third kappa shape index (κ3) is 5.96. The molecule has 1 heterocycles. The van der Waals surface area contributed by atoms with E-state index in [-0.39, 0.29) is 0 Å². The summed E-state index contributed by atoms with van der Waals surface area (Å²) in [7, 11) is -1.42. The van der Waals surface area contributed by atoms with Crippen molar-refractivity contribution in [2.45, 2.75) is 37.0 Å². The molecule has 6 nitrogen and oxygen atoms in total. The molecule has 0 saturated heterocycles. The van der Waals surface area contributed by atoms with Crippen LogP contribution in [0.5, 0.6) is 5.75 Å². The SMILES string of the molecule is O=S(Nc1ccccc1CCCCCc1ccccc1OOO)c1cccc2cccnc12. The summed E-state index contributed by atoms with van der Waals surface area (Å²) in [4.78, 5) is 9.89. The van der Waals surface area contributed by atoms with E-state index >= 15 is 0 Å². The molecule has 170 valence electrons. The van der Waals surface area contributed by atoms with Gasteiger partial charge < -0.3 is 9.61 Å². The van der Waals surface area contributed by atoms with Crippen LogP contribution in [-0.2, 0) is 28.9 Å². The standard InChI is InChI=1S/C26H26N2O4S/c29-32-31-24-17-7-5-13-21(24)12-3-1-2-10-20-11-4-6-16-23(20)28-33(30)25-18-8-14-22-15-9-19-27-26(22)25/h4-9,11,13-19,28-29H,1-3,10,12H2. The Morgan fingerprint density at radius 2 is 1.55 bits per heavy atom. The van der Waals surface area contributed by atoms with Crippen molar-refractivity contribution in [3.8, 4) is 5.75 Å². The number of aromatic nitrogens is 1. The van der Waals surface area contributed by atoms with Crippen molar-refractivity contribution in [1.29, 1.82) is 0 Å². The highest BCUT2D eigenvalue weighted by atomic mass is 32.2. The van der Waals surface area contributed by atoms with Crippen molar-refractivity contribution in [3.05, 3.63) is 96.2 Å². The number of para-hydroxylation sites is 3. The summed E-state index contributed by atoms with van der Waals surface area (Å²) in [5.74, 6) is 0.528. The van der Waals surface area contributed by atoms with Crippen LogP contribution in [0.1, 0.15) is 30.4 Å². The molecule has 1 atom stereocenters. The van der Waals surface area contributed by atoms with Gasteiger partial charge in [-0.05, 0) is 66.1 Å². The molecule has 0 aliphatic heterocycles. The number of unbranched alkanes of at least 4 members (excludes halogenated alkanes) is 2. The minimum atomic E-state index is -1.42. The van der Waals surface area contributed by atoms with Crippen LogP contribution in [0.3, 0.4) is 0 Å². The lowest BCUT2D eigenvalue weighted by atomic mass is 10.0. The van der Waals surface area contributed by atoms with Gasteiger partial charge in [0, 0.05) is 17.3 Å². The zero-order valence-corrected chi connectivity index (χ0v) is 19.0. The van der Waals surface area contributed by atoms with Crippen molar-refractivity contribution in [2.75, 3.05) is 4.72 Å².